The predicted molar refractivity (Wildman–Crippen MR) is 67.7 cm³/mol. The van der Waals surface area contributed by atoms with Crippen molar-refractivity contribution in [2.75, 3.05) is 6.61 Å². The van der Waals surface area contributed by atoms with Crippen LogP contribution in [0.25, 0.3) is 10.6 Å². The molecule has 0 fully saturated rings. The van der Waals surface area contributed by atoms with Crippen LogP contribution in [0.15, 0.2) is 30.3 Å². The first-order valence-electron chi connectivity index (χ1n) is 5.44. The third-order valence-corrected chi connectivity index (χ3v) is 3.74. The van der Waals surface area contributed by atoms with Crippen LogP contribution >= 0.6 is 11.3 Å². The minimum atomic E-state index is 0.248. The van der Waals surface area contributed by atoms with Crippen molar-refractivity contribution in [1.29, 1.82) is 0 Å². The molecule has 2 nitrogen and oxygen atoms in total. The molecule has 2 aromatic rings. The molecule has 0 amide bonds. The van der Waals surface area contributed by atoms with Gasteiger partial charge in [0.1, 0.15) is 5.01 Å². The maximum Gasteiger partial charge on any atom is 0.123 e. The van der Waals surface area contributed by atoms with Crippen LogP contribution in [0, 0.1) is 6.92 Å². The highest BCUT2D eigenvalue weighted by Gasteiger charge is 2.08. The molecule has 0 aliphatic carbocycles. The Balaban J connectivity index is 2.24. The van der Waals surface area contributed by atoms with E-state index in [0.717, 1.165) is 23.5 Å². The molecule has 0 radical (unpaired) electrons. The van der Waals surface area contributed by atoms with Gasteiger partial charge in [0.25, 0.3) is 0 Å². The molecule has 0 aliphatic heterocycles. The predicted octanol–water partition coefficient (Wildman–Crippen LogP) is 3.04. The largest absolute Gasteiger partial charge is 0.396 e. The minimum Gasteiger partial charge on any atom is -0.396 e. The Morgan fingerprint density at radius 3 is 2.69 bits per heavy atom. The summed E-state index contributed by atoms with van der Waals surface area (Å²) in [5.41, 5.74) is 2.27. The van der Waals surface area contributed by atoms with E-state index in [1.807, 2.05) is 25.1 Å². The summed E-state index contributed by atoms with van der Waals surface area (Å²) in [6.45, 7) is 2.29. The second kappa shape index (κ2) is 5.23. The Hall–Kier alpha value is -1.19. The Labute approximate surface area is 99.6 Å². The summed E-state index contributed by atoms with van der Waals surface area (Å²) in [5, 5.41) is 9.90. The first-order chi connectivity index (χ1) is 7.81. The van der Waals surface area contributed by atoms with Gasteiger partial charge < -0.3 is 5.11 Å². The van der Waals surface area contributed by atoms with Gasteiger partial charge >= 0.3 is 0 Å². The maximum atomic E-state index is 8.83. The summed E-state index contributed by atoms with van der Waals surface area (Å²) in [4.78, 5) is 5.86. The van der Waals surface area contributed by atoms with Crippen molar-refractivity contribution >= 4 is 11.3 Å². The van der Waals surface area contributed by atoms with Crippen molar-refractivity contribution in [2.24, 2.45) is 0 Å². The van der Waals surface area contributed by atoms with Crippen molar-refractivity contribution in [2.45, 2.75) is 19.8 Å². The summed E-state index contributed by atoms with van der Waals surface area (Å²) in [6.07, 6.45) is 1.74. The lowest BCUT2D eigenvalue weighted by molar-refractivity contribution is 0.289. The molecule has 0 saturated heterocycles. The van der Waals surface area contributed by atoms with E-state index in [9.17, 15) is 0 Å². The molecule has 1 heterocycles. The Kier molecular flexibility index (Phi) is 3.70. The summed E-state index contributed by atoms with van der Waals surface area (Å²) in [6, 6.07) is 10.2. The molecular formula is C13H15NOS. The van der Waals surface area contributed by atoms with E-state index in [2.05, 4.69) is 17.1 Å². The molecule has 1 N–H and O–H groups in total. The number of thiazole rings is 1. The third-order valence-electron chi connectivity index (χ3n) is 2.48. The lowest BCUT2D eigenvalue weighted by Gasteiger charge is -1.94. The average molecular weight is 233 g/mol. The first-order valence-corrected chi connectivity index (χ1v) is 6.25. The fraction of sp³-hybridized carbons (Fsp3) is 0.308. The highest BCUT2D eigenvalue weighted by Crippen LogP contribution is 2.28. The van der Waals surface area contributed by atoms with E-state index in [4.69, 9.17) is 5.11 Å². The zero-order chi connectivity index (χ0) is 11.4. The summed E-state index contributed by atoms with van der Waals surface area (Å²) in [5.74, 6) is 0. The molecular weight excluding hydrogens is 218 g/mol. The molecule has 84 valence electrons. The van der Waals surface area contributed by atoms with Crippen molar-refractivity contribution < 1.29 is 5.11 Å². The topological polar surface area (TPSA) is 33.1 Å². The molecule has 0 spiro atoms. The summed E-state index contributed by atoms with van der Waals surface area (Å²) >= 11 is 1.73. The van der Waals surface area contributed by atoms with Gasteiger partial charge in [-0.25, -0.2) is 4.98 Å². The number of hydrogen-bond donors (Lipinski definition) is 1. The van der Waals surface area contributed by atoms with Gasteiger partial charge in [0.2, 0.25) is 0 Å². The molecule has 0 aliphatic rings. The standard InChI is InChI=1S/C13H15NOS/c1-10-12(8-5-9-15)16-13(14-10)11-6-3-2-4-7-11/h2-4,6-7,15H,5,8-9H2,1H3. The van der Waals surface area contributed by atoms with Crippen LogP contribution in [0.1, 0.15) is 17.0 Å². The zero-order valence-corrected chi connectivity index (χ0v) is 10.1. The second-order valence-electron chi connectivity index (χ2n) is 3.72. The third kappa shape index (κ3) is 2.49. The first kappa shape index (κ1) is 11.3. The highest BCUT2D eigenvalue weighted by atomic mass is 32.1. The van der Waals surface area contributed by atoms with Gasteiger partial charge in [-0.3, -0.25) is 0 Å². The maximum absolute atomic E-state index is 8.83. The van der Waals surface area contributed by atoms with Crippen LogP contribution in [0.2, 0.25) is 0 Å². The van der Waals surface area contributed by atoms with E-state index in [1.165, 1.54) is 10.4 Å². The monoisotopic (exact) mass is 233 g/mol. The highest BCUT2D eigenvalue weighted by molar-refractivity contribution is 7.15. The molecule has 16 heavy (non-hydrogen) atoms. The number of aliphatic hydroxyl groups excluding tert-OH is 1. The number of aryl methyl sites for hydroxylation is 2. The van der Waals surface area contributed by atoms with E-state index < -0.39 is 0 Å². The normalized spacial score (nSPS) is 10.6. The van der Waals surface area contributed by atoms with E-state index in [1.54, 1.807) is 11.3 Å². The Bertz CT molecular complexity index is 450. The van der Waals surface area contributed by atoms with Gasteiger partial charge in [0, 0.05) is 17.0 Å². The number of aromatic nitrogens is 1. The van der Waals surface area contributed by atoms with Gasteiger partial charge in [-0.15, -0.1) is 11.3 Å². The lowest BCUT2D eigenvalue weighted by atomic mass is 10.2. The van der Waals surface area contributed by atoms with Gasteiger partial charge in [-0.05, 0) is 19.8 Å². The van der Waals surface area contributed by atoms with Gasteiger partial charge in [-0.1, -0.05) is 30.3 Å². The molecule has 0 saturated carbocycles. The van der Waals surface area contributed by atoms with Crippen LogP contribution < -0.4 is 0 Å². The van der Waals surface area contributed by atoms with Gasteiger partial charge in [-0.2, -0.15) is 0 Å². The van der Waals surface area contributed by atoms with Crippen molar-refractivity contribution in [3.8, 4) is 10.6 Å². The lowest BCUT2D eigenvalue weighted by Crippen LogP contribution is -1.88. The smallest absolute Gasteiger partial charge is 0.123 e. The van der Waals surface area contributed by atoms with Crippen LogP contribution in [0.5, 0.6) is 0 Å². The number of nitrogens with zero attached hydrogens (tertiary/aromatic N) is 1. The molecule has 0 atom stereocenters. The Morgan fingerprint density at radius 1 is 1.25 bits per heavy atom. The van der Waals surface area contributed by atoms with Crippen molar-refractivity contribution in [3.05, 3.63) is 40.9 Å². The second-order valence-corrected chi connectivity index (χ2v) is 4.80. The van der Waals surface area contributed by atoms with Crippen LogP contribution in [0.4, 0.5) is 0 Å². The molecule has 2 rings (SSSR count). The van der Waals surface area contributed by atoms with Crippen molar-refractivity contribution in [3.63, 3.8) is 0 Å². The summed E-state index contributed by atoms with van der Waals surface area (Å²) < 4.78 is 0. The molecule has 0 bridgehead atoms. The number of aliphatic hydroxyl groups is 1. The molecule has 1 aromatic carbocycles. The van der Waals surface area contributed by atoms with Crippen LogP contribution in [-0.4, -0.2) is 16.7 Å². The molecule has 0 unspecified atom stereocenters. The fourth-order valence-corrected chi connectivity index (χ4v) is 2.71. The van der Waals surface area contributed by atoms with Crippen LogP contribution in [0.3, 0.4) is 0 Å². The fourth-order valence-electron chi connectivity index (χ4n) is 1.60. The Morgan fingerprint density at radius 2 is 2.00 bits per heavy atom. The number of hydrogen-bond acceptors (Lipinski definition) is 3. The quantitative estimate of drug-likeness (QED) is 0.880. The zero-order valence-electron chi connectivity index (χ0n) is 9.31. The number of rotatable bonds is 4. The minimum absolute atomic E-state index is 0.248. The van der Waals surface area contributed by atoms with Crippen LogP contribution in [-0.2, 0) is 6.42 Å². The van der Waals surface area contributed by atoms with E-state index in [-0.39, 0.29) is 6.61 Å². The van der Waals surface area contributed by atoms with Gasteiger partial charge in [0.05, 0.1) is 5.69 Å². The molecule has 3 heteroatoms. The van der Waals surface area contributed by atoms with E-state index >= 15 is 0 Å². The summed E-state index contributed by atoms with van der Waals surface area (Å²) in [7, 11) is 0. The molecule has 1 aromatic heterocycles. The van der Waals surface area contributed by atoms with Crippen molar-refractivity contribution in [1.82, 2.24) is 4.98 Å². The van der Waals surface area contributed by atoms with Gasteiger partial charge in [0.15, 0.2) is 0 Å². The average Bonchev–Trinajstić information content (AvgIpc) is 2.69. The van der Waals surface area contributed by atoms with E-state index in [0.29, 0.717) is 0 Å². The number of benzene rings is 1. The SMILES string of the molecule is Cc1nc(-c2ccccc2)sc1CCCO.